The Kier molecular flexibility index (Phi) is 5.40. The molecule has 2 aromatic rings. The zero-order valence-corrected chi connectivity index (χ0v) is 15.9. The van der Waals surface area contributed by atoms with Crippen molar-refractivity contribution in [1.29, 1.82) is 0 Å². The molecule has 3 nitrogen and oxygen atoms in total. The van der Waals surface area contributed by atoms with E-state index >= 15 is 4.39 Å². The number of hydrogen-bond acceptors (Lipinski definition) is 3. The molecule has 0 radical (unpaired) electrons. The average molecular weight is 350 g/mol. The van der Waals surface area contributed by atoms with Crippen LogP contribution in [0.4, 0.5) is 14.6 Å². The molecule has 2 rings (SSSR count). The zero-order chi connectivity index (χ0) is 18.1. The maximum atomic E-state index is 15.2. The summed E-state index contributed by atoms with van der Waals surface area (Å²) in [5.74, 6) is -0.839. The third-order valence-electron chi connectivity index (χ3n) is 3.68. The fraction of sp³-hybridized carbons (Fsp3) is 0.389. The van der Waals surface area contributed by atoms with Gasteiger partial charge in [-0.3, -0.25) is 0 Å². The van der Waals surface area contributed by atoms with E-state index in [1.165, 1.54) is 18.3 Å². The van der Waals surface area contributed by atoms with Crippen LogP contribution in [0.25, 0.3) is 11.1 Å². The van der Waals surface area contributed by atoms with Crippen LogP contribution in [-0.2, 0) is 4.43 Å². The number of pyridine rings is 1. The summed E-state index contributed by atoms with van der Waals surface area (Å²) >= 11 is 0. The predicted molar refractivity (Wildman–Crippen MR) is 96.2 cm³/mol. The van der Waals surface area contributed by atoms with E-state index in [0.717, 1.165) is 0 Å². The molecule has 0 saturated heterocycles. The topological polar surface area (TPSA) is 48.1 Å². The summed E-state index contributed by atoms with van der Waals surface area (Å²) in [6.07, 6.45) is 0.838. The number of rotatable bonds is 4. The van der Waals surface area contributed by atoms with Gasteiger partial charge < -0.3 is 10.2 Å². The first-order chi connectivity index (χ1) is 11.1. The molecule has 0 aliphatic carbocycles. The monoisotopic (exact) mass is 350 g/mol. The smallest absolute Gasteiger partial charge is 0.171 e. The lowest BCUT2D eigenvalue weighted by Gasteiger charge is -2.33. The SMILES string of the molecule is C[SiH](C)OC(c1c(F)ccc(-c2ccc(N)nc2)c1F)C(C)(C)C. The van der Waals surface area contributed by atoms with Crippen LogP contribution >= 0.6 is 0 Å². The number of anilines is 1. The Balaban J connectivity index is 2.61. The third-order valence-corrected chi connectivity index (χ3v) is 4.50. The van der Waals surface area contributed by atoms with Gasteiger partial charge in [0.25, 0.3) is 0 Å². The highest BCUT2D eigenvalue weighted by Crippen LogP contribution is 2.41. The highest BCUT2D eigenvalue weighted by Gasteiger charge is 2.33. The Bertz CT molecular complexity index is 712. The fourth-order valence-electron chi connectivity index (χ4n) is 2.57. The van der Waals surface area contributed by atoms with Gasteiger partial charge in [-0.25, -0.2) is 13.8 Å². The fourth-order valence-corrected chi connectivity index (χ4v) is 3.66. The molecule has 1 atom stereocenters. The normalized spacial score (nSPS) is 13.3. The van der Waals surface area contributed by atoms with Crippen LogP contribution in [-0.4, -0.2) is 14.0 Å². The highest BCUT2D eigenvalue weighted by molar-refractivity contribution is 6.48. The van der Waals surface area contributed by atoms with Crippen molar-refractivity contribution in [2.24, 2.45) is 5.41 Å². The molecule has 1 aromatic heterocycles. The van der Waals surface area contributed by atoms with Crippen LogP contribution in [0.2, 0.25) is 13.1 Å². The zero-order valence-electron chi connectivity index (χ0n) is 14.7. The molecule has 0 saturated carbocycles. The van der Waals surface area contributed by atoms with E-state index in [-0.39, 0.29) is 5.56 Å². The Morgan fingerprint density at radius 2 is 1.79 bits per heavy atom. The Morgan fingerprint density at radius 1 is 1.12 bits per heavy atom. The van der Waals surface area contributed by atoms with Crippen molar-refractivity contribution in [3.63, 3.8) is 0 Å². The number of nitrogens with two attached hydrogens (primary N) is 1. The van der Waals surface area contributed by atoms with Gasteiger partial charge in [0.15, 0.2) is 9.04 Å². The number of benzene rings is 1. The molecule has 0 spiro atoms. The van der Waals surface area contributed by atoms with Gasteiger partial charge in [0.1, 0.15) is 17.5 Å². The highest BCUT2D eigenvalue weighted by atomic mass is 28.3. The van der Waals surface area contributed by atoms with Gasteiger partial charge in [-0.2, -0.15) is 0 Å². The van der Waals surface area contributed by atoms with Crippen molar-refractivity contribution in [3.05, 3.63) is 47.7 Å². The lowest BCUT2D eigenvalue weighted by atomic mass is 9.83. The van der Waals surface area contributed by atoms with E-state index in [2.05, 4.69) is 4.98 Å². The molecule has 130 valence electrons. The summed E-state index contributed by atoms with van der Waals surface area (Å²) in [4.78, 5) is 3.98. The molecule has 0 aliphatic heterocycles. The summed E-state index contributed by atoms with van der Waals surface area (Å²) in [6.45, 7) is 9.74. The molecular weight excluding hydrogens is 326 g/mol. The maximum Gasteiger partial charge on any atom is 0.171 e. The molecule has 6 heteroatoms. The van der Waals surface area contributed by atoms with E-state index in [9.17, 15) is 4.39 Å². The van der Waals surface area contributed by atoms with Crippen molar-refractivity contribution in [1.82, 2.24) is 4.98 Å². The van der Waals surface area contributed by atoms with Crippen molar-refractivity contribution in [3.8, 4) is 11.1 Å². The summed E-state index contributed by atoms with van der Waals surface area (Å²) in [7, 11) is -1.50. The van der Waals surface area contributed by atoms with E-state index < -0.39 is 32.2 Å². The molecule has 24 heavy (non-hydrogen) atoms. The van der Waals surface area contributed by atoms with Crippen molar-refractivity contribution in [2.75, 3.05) is 5.73 Å². The van der Waals surface area contributed by atoms with Gasteiger partial charge in [0.2, 0.25) is 0 Å². The minimum absolute atomic E-state index is 0.0157. The third kappa shape index (κ3) is 3.99. The summed E-state index contributed by atoms with van der Waals surface area (Å²) in [5.41, 5.74) is 5.97. The number of hydrogen-bond donors (Lipinski definition) is 1. The molecule has 1 heterocycles. The number of nitrogen functional groups attached to an aromatic ring is 1. The van der Waals surface area contributed by atoms with Gasteiger partial charge in [-0.15, -0.1) is 0 Å². The van der Waals surface area contributed by atoms with Crippen LogP contribution in [0.3, 0.4) is 0 Å². The second-order valence-electron chi connectivity index (χ2n) is 7.23. The van der Waals surface area contributed by atoms with Crippen LogP contribution in [0, 0.1) is 17.0 Å². The van der Waals surface area contributed by atoms with Crippen LogP contribution in [0.1, 0.15) is 32.4 Å². The Morgan fingerprint density at radius 3 is 2.29 bits per heavy atom. The summed E-state index contributed by atoms with van der Waals surface area (Å²) in [5, 5.41) is 0. The van der Waals surface area contributed by atoms with Gasteiger partial charge in [-0.05, 0) is 42.8 Å². The second-order valence-corrected chi connectivity index (χ2v) is 9.59. The molecule has 2 N–H and O–H groups in total. The molecule has 1 unspecified atom stereocenters. The largest absolute Gasteiger partial charge is 0.413 e. The van der Waals surface area contributed by atoms with Crippen LogP contribution in [0.15, 0.2) is 30.5 Å². The quantitative estimate of drug-likeness (QED) is 0.813. The van der Waals surface area contributed by atoms with Crippen molar-refractivity contribution >= 4 is 14.9 Å². The van der Waals surface area contributed by atoms with Crippen molar-refractivity contribution < 1.29 is 13.2 Å². The van der Waals surface area contributed by atoms with Crippen molar-refractivity contribution in [2.45, 2.75) is 40.0 Å². The summed E-state index contributed by atoms with van der Waals surface area (Å²) < 4.78 is 35.7. The minimum atomic E-state index is -1.50. The standard InChI is InChI=1S/C18H24F2N2OSi/c1-18(2,3)17(23-24(4)5)15-13(19)8-7-12(16(15)20)11-6-9-14(21)22-10-11/h6-10,17,24H,1-5H3,(H2,21,22). The van der Waals surface area contributed by atoms with Gasteiger partial charge in [0, 0.05) is 17.3 Å². The minimum Gasteiger partial charge on any atom is -0.413 e. The number of halogens is 2. The van der Waals surface area contributed by atoms with Crippen LogP contribution < -0.4 is 5.73 Å². The Hall–Kier alpha value is -1.79. The first-order valence-corrected chi connectivity index (χ1v) is 10.7. The average Bonchev–Trinajstić information content (AvgIpc) is 2.46. The number of aromatic nitrogens is 1. The van der Waals surface area contributed by atoms with E-state index in [4.69, 9.17) is 10.2 Å². The predicted octanol–water partition coefficient (Wildman–Crippen LogP) is 4.70. The molecule has 0 fully saturated rings. The van der Waals surface area contributed by atoms with Gasteiger partial charge in [-0.1, -0.05) is 20.8 Å². The molecule has 0 amide bonds. The van der Waals surface area contributed by atoms with E-state index in [1.54, 1.807) is 12.1 Å². The second kappa shape index (κ2) is 6.99. The first-order valence-electron chi connectivity index (χ1n) is 7.96. The van der Waals surface area contributed by atoms with E-state index in [0.29, 0.717) is 16.9 Å². The Labute approximate surface area is 143 Å². The van der Waals surface area contributed by atoms with Crippen LogP contribution in [0.5, 0.6) is 0 Å². The van der Waals surface area contributed by atoms with Gasteiger partial charge in [0.05, 0.1) is 11.7 Å². The van der Waals surface area contributed by atoms with E-state index in [1.807, 2.05) is 33.9 Å². The molecule has 0 aliphatic rings. The molecular formula is C18H24F2N2OSi. The number of nitrogens with zero attached hydrogens (tertiary/aromatic N) is 1. The molecule has 0 bridgehead atoms. The maximum absolute atomic E-state index is 15.2. The summed E-state index contributed by atoms with van der Waals surface area (Å²) in [6, 6.07) is 5.98. The van der Waals surface area contributed by atoms with Gasteiger partial charge >= 0.3 is 0 Å². The lowest BCUT2D eigenvalue weighted by molar-refractivity contribution is 0.0796. The first kappa shape index (κ1) is 18.5. The lowest BCUT2D eigenvalue weighted by Crippen LogP contribution is -2.27. The molecule has 1 aromatic carbocycles.